The van der Waals surface area contributed by atoms with Crippen LogP contribution in [0.25, 0.3) is 10.9 Å². The smallest absolute Gasteiger partial charge is 0.259 e. The minimum atomic E-state index is -0.255. The van der Waals surface area contributed by atoms with Crippen molar-refractivity contribution in [3.63, 3.8) is 0 Å². The standard InChI is InChI=1S/C16H17N5O/c1-4-14-18-16(21-20-14)19-15(22)12-8-11-7-9(2)5-6-13(11)17-10(12)3/h5-8H,4H2,1-3H3,(H2,18,19,20,21,22). The highest BCUT2D eigenvalue weighted by Gasteiger charge is 2.14. The summed E-state index contributed by atoms with van der Waals surface area (Å²) in [6.07, 6.45) is 0.735. The molecule has 2 N–H and O–H groups in total. The molecule has 0 spiro atoms. The summed E-state index contributed by atoms with van der Waals surface area (Å²) in [5.41, 5.74) is 3.22. The van der Waals surface area contributed by atoms with Crippen LogP contribution in [0.4, 0.5) is 5.95 Å². The molecule has 0 fully saturated rings. The number of fused-ring (bicyclic) bond motifs is 1. The lowest BCUT2D eigenvalue weighted by Gasteiger charge is -2.07. The van der Waals surface area contributed by atoms with Crippen molar-refractivity contribution in [2.45, 2.75) is 27.2 Å². The molecule has 0 atom stereocenters. The predicted octanol–water partition coefficient (Wildman–Crippen LogP) is 2.78. The zero-order chi connectivity index (χ0) is 15.7. The van der Waals surface area contributed by atoms with Crippen LogP contribution >= 0.6 is 0 Å². The van der Waals surface area contributed by atoms with Gasteiger partial charge in [0.2, 0.25) is 5.95 Å². The largest absolute Gasteiger partial charge is 0.289 e. The van der Waals surface area contributed by atoms with Gasteiger partial charge in [-0.25, -0.2) is 0 Å². The van der Waals surface area contributed by atoms with Crippen LogP contribution in [0.1, 0.15) is 34.4 Å². The Balaban J connectivity index is 1.94. The summed E-state index contributed by atoms with van der Waals surface area (Å²) in [5.74, 6) is 0.764. The lowest BCUT2D eigenvalue weighted by Crippen LogP contribution is -2.15. The first-order valence-corrected chi connectivity index (χ1v) is 7.17. The molecule has 0 saturated heterocycles. The van der Waals surface area contributed by atoms with Gasteiger partial charge in [-0.1, -0.05) is 18.6 Å². The van der Waals surface area contributed by atoms with Crippen LogP contribution in [-0.4, -0.2) is 26.1 Å². The average molecular weight is 295 g/mol. The third-order valence-corrected chi connectivity index (χ3v) is 3.50. The molecule has 6 heteroatoms. The second-order valence-electron chi connectivity index (χ2n) is 5.23. The van der Waals surface area contributed by atoms with Crippen molar-refractivity contribution < 1.29 is 4.79 Å². The number of H-pyrrole nitrogens is 1. The number of nitrogens with one attached hydrogen (secondary N) is 2. The normalized spacial score (nSPS) is 10.9. The number of hydrogen-bond acceptors (Lipinski definition) is 4. The molecule has 0 bridgehead atoms. The first kappa shape index (κ1) is 14.2. The first-order valence-electron chi connectivity index (χ1n) is 7.17. The van der Waals surface area contributed by atoms with Crippen molar-refractivity contribution in [1.29, 1.82) is 0 Å². The zero-order valence-corrected chi connectivity index (χ0v) is 12.8. The van der Waals surface area contributed by atoms with E-state index in [-0.39, 0.29) is 11.9 Å². The maximum atomic E-state index is 12.4. The summed E-state index contributed by atoms with van der Waals surface area (Å²) in [6, 6.07) is 7.84. The Hall–Kier alpha value is -2.76. The highest BCUT2D eigenvalue weighted by Crippen LogP contribution is 2.18. The Morgan fingerprint density at radius 1 is 1.23 bits per heavy atom. The summed E-state index contributed by atoms with van der Waals surface area (Å²) >= 11 is 0. The molecule has 0 radical (unpaired) electrons. The van der Waals surface area contributed by atoms with Gasteiger partial charge in [0.25, 0.3) is 5.91 Å². The molecule has 2 heterocycles. The highest BCUT2D eigenvalue weighted by molar-refractivity contribution is 6.06. The number of carbonyl (C=O) groups is 1. The summed E-state index contributed by atoms with van der Waals surface area (Å²) < 4.78 is 0. The molecular weight excluding hydrogens is 278 g/mol. The van der Waals surface area contributed by atoms with Gasteiger partial charge in [0, 0.05) is 11.8 Å². The molecule has 22 heavy (non-hydrogen) atoms. The Bertz CT molecular complexity index is 853. The number of aromatic nitrogens is 4. The molecular formula is C16H17N5O. The summed E-state index contributed by atoms with van der Waals surface area (Å²) in [6.45, 7) is 5.80. The van der Waals surface area contributed by atoms with E-state index in [1.165, 1.54) is 0 Å². The second-order valence-corrected chi connectivity index (χ2v) is 5.23. The number of aryl methyl sites for hydroxylation is 3. The third kappa shape index (κ3) is 2.67. The van der Waals surface area contributed by atoms with E-state index in [1.807, 2.05) is 45.0 Å². The Morgan fingerprint density at radius 2 is 2.05 bits per heavy atom. The van der Waals surface area contributed by atoms with Crippen molar-refractivity contribution in [2.75, 3.05) is 5.32 Å². The molecule has 6 nitrogen and oxygen atoms in total. The van der Waals surface area contributed by atoms with E-state index in [1.54, 1.807) is 0 Å². The van der Waals surface area contributed by atoms with Gasteiger partial charge in [0.1, 0.15) is 5.82 Å². The van der Waals surface area contributed by atoms with Crippen LogP contribution in [0.3, 0.4) is 0 Å². The van der Waals surface area contributed by atoms with Gasteiger partial charge in [0.05, 0.1) is 16.8 Å². The van der Waals surface area contributed by atoms with Gasteiger partial charge in [-0.3, -0.25) is 20.2 Å². The molecule has 0 unspecified atom stereocenters. The number of nitrogens with zero attached hydrogens (tertiary/aromatic N) is 3. The van der Waals surface area contributed by atoms with Crippen LogP contribution in [0.5, 0.6) is 0 Å². The van der Waals surface area contributed by atoms with Crippen LogP contribution in [0.15, 0.2) is 24.3 Å². The topological polar surface area (TPSA) is 83.6 Å². The lowest BCUT2D eigenvalue weighted by atomic mass is 10.1. The SMILES string of the molecule is CCc1nc(NC(=O)c2cc3cc(C)ccc3nc2C)n[nH]1. The second kappa shape index (κ2) is 5.55. The molecule has 112 valence electrons. The minimum Gasteiger partial charge on any atom is -0.289 e. The van der Waals surface area contributed by atoms with Crippen LogP contribution < -0.4 is 5.32 Å². The first-order chi connectivity index (χ1) is 10.6. The third-order valence-electron chi connectivity index (χ3n) is 3.50. The van der Waals surface area contributed by atoms with Gasteiger partial charge < -0.3 is 0 Å². The molecule has 0 saturated carbocycles. The minimum absolute atomic E-state index is 0.255. The Kier molecular flexibility index (Phi) is 3.58. The lowest BCUT2D eigenvalue weighted by molar-refractivity contribution is 0.102. The number of benzene rings is 1. The van der Waals surface area contributed by atoms with Gasteiger partial charge in [-0.15, -0.1) is 5.10 Å². The van der Waals surface area contributed by atoms with Crippen molar-refractivity contribution in [1.82, 2.24) is 20.2 Å². The molecule has 3 rings (SSSR count). The van der Waals surface area contributed by atoms with Gasteiger partial charge >= 0.3 is 0 Å². The van der Waals surface area contributed by atoms with Crippen LogP contribution in [-0.2, 0) is 6.42 Å². The fourth-order valence-electron chi connectivity index (χ4n) is 2.30. The van der Waals surface area contributed by atoms with E-state index >= 15 is 0 Å². The number of amides is 1. The van der Waals surface area contributed by atoms with E-state index in [0.29, 0.717) is 11.3 Å². The fraction of sp³-hybridized carbons (Fsp3) is 0.250. The van der Waals surface area contributed by atoms with E-state index in [2.05, 4.69) is 25.5 Å². The summed E-state index contributed by atoms with van der Waals surface area (Å²) in [4.78, 5) is 21.1. The number of pyridine rings is 1. The number of carbonyl (C=O) groups excluding carboxylic acids is 1. The van der Waals surface area contributed by atoms with Gasteiger partial charge in [0.15, 0.2) is 0 Å². The van der Waals surface area contributed by atoms with Gasteiger partial charge in [-0.2, -0.15) is 4.98 Å². The number of rotatable bonds is 3. The van der Waals surface area contributed by atoms with Crippen molar-refractivity contribution in [2.24, 2.45) is 0 Å². The average Bonchev–Trinajstić information content (AvgIpc) is 2.94. The molecule has 0 aliphatic rings. The van der Waals surface area contributed by atoms with Crippen molar-refractivity contribution in [3.05, 3.63) is 46.9 Å². The van der Waals surface area contributed by atoms with E-state index < -0.39 is 0 Å². The molecule has 1 amide bonds. The van der Waals surface area contributed by atoms with Crippen LogP contribution in [0, 0.1) is 13.8 Å². The molecule has 0 aliphatic heterocycles. The number of aromatic amines is 1. The van der Waals surface area contributed by atoms with Crippen LogP contribution in [0.2, 0.25) is 0 Å². The van der Waals surface area contributed by atoms with Gasteiger partial charge in [-0.05, 0) is 32.0 Å². The fourth-order valence-corrected chi connectivity index (χ4v) is 2.30. The maximum Gasteiger partial charge on any atom is 0.259 e. The molecule has 2 aromatic heterocycles. The maximum absolute atomic E-state index is 12.4. The monoisotopic (exact) mass is 295 g/mol. The molecule has 3 aromatic rings. The molecule has 0 aliphatic carbocycles. The quantitative estimate of drug-likeness (QED) is 0.778. The zero-order valence-electron chi connectivity index (χ0n) is 12.8. The van der Waals surface area contributed by atoms with Crippen molar-refractivity contribution in [3.8, 4) is 0 Å². The summed E-state index contributed by atoms with van der Waals surface area (Å²) in [7, 11) is 0. The number of hydrogen-bond donors (Lipinski definition) is 2. The van der Waals surface area contributed by atoms with E-state index in [4.69, 9.17) is 0 Å². The Labute approximate surface area is 128 Å². The van der Waals surface area contributed by atoms with Crippen molar-refractivity contribution >= 4 is 22.8 Å². The van der Waals surface area contributed by atoms with E-state index in [0.717, 1.165) is 28.7 Å². The highest BCUT2D eigenvalue weighted by atomic mass is 16.1. The predicted molar refractivity (Wildman–Crippen MR) is 84.9 cm³/mol. The van der Waals surface area contributed by atoms with E-state index in [9.17, 15) is 4.79 Å². The Morgan fingerprint density at radius 3 is 2.77 bits per heavy atom. The number of anilines is 1. The summed E-state index contributed by atoms with van der Waals surface area (Å²) in [5, 5.41) is 10.4. The molecule has 1 aromatic carbocycles.